The fourth-order valence-corrected chi connectivity index (χ4v) is 2.64. The predicted molar refractivity (Wildman–Crippen MR) is 89.4 cm³/mol. The highest BCUT2D eigenvalue weighted by molar-refractivity contribution is 5.93. The third kappa shape index (κ3) is 2.26. The maximum atomic E-state index is 5.18. The largest absolute Gasteiger partial charge is 0.497 e. The molecule has 0 aliphatic heterocycles. The highest BCUT2D eigenvalue weighted by atomic mass is 16.5. The molecule has 0 N–H and O–H groups in total. The van der Waals surface area contributed by atoms with Crippen molar-refractivity contribution in [2.75, 3.05) is 7.11 Å². The van der Waals surface area contributed by atoms with Crippen molar-refractivity contribution in [3.05, 3.63) is 54.1 Å². The van der Waals surface area contributed by atoms with Crippen LogP contribution in [0, 0.1) is 6.92 Å². The molecule has 0 atom stereocenters. The second-order valence-corrected chi connectivity index (χ2v) is 5.29. The van der Waals surface area contributed by atoms with E-state index in [-0.39, 0.29) is 0 Å². The van der Waals surface area contributed by atoms with E-state index >= 15 is 0 Å². The van der Waals surface area contributed by atoms with Gasteiger partial charge in [0.1, 0.15) is 11.3 Å². The van der Waals surface area contributed by atoms with Gasteiger partial charge in [-0.05, 0) is 42.8 Å². The number of fused-ring (bicyclic) bond motifs is 2. The molecule has 4 rings (SSSR count). The Hall–Kier alpha value is -3.08. The number of rotatable bonds is 2. The molecule has 4 aromatic rings. The maximum Gasteiger partial charge on any atom is 0.201 e. The highest BCUT2D eigenvalue weighted by Gasteiger charge is 2.11. The summed E-state index contributed by atoms with van der Waals surface area (Å²) >= 11 is 0. The van der Waals surface area contributed by atoms with Crippen LogP contribution in [0.4, 0.5) is 0 Å². The molecule has 0 amide bonds. The Kier molecular flexibility index (Phi) is 3.12. The first-order valence-electron chi connectivity index (χ1n) is 7.30. The Balaban J connectivity index is 1.92. The highest BCUT2D eigenvalue weighted by Crippen LogP contribution is 2.25. The Morgan fingerprint density at radius 1 is 0.870 bits per heavy atom. The van der Waals surface area contributed by atoms with Crippen LogP contribution in [0.2, 0.25) is 0 Å². The van der Waals surface area contributed by atoms with Crippen molar-refractivity contribution in [3.8, 4) is 17.1 Å². The number of pyridine rings is 1. The second-order valence-electron chi connectivity index (χ2n) is 5.29. The van der Waals surface area contributed by atoms with Gasteiger partial charge >= 0.3 is 0 Å². The van der Waals surface area contributed by atoms with Gasteiger partial charge in [0.25, 0.3) is 0 Å². The van der Waals surface area contributed by atoms with Crippen LogP contribution in [-0.4, -0.2) is 27.3 Å². The Morgan fingerprint density at radius 3 is 2.43 bits per heavy atom. The molecular formula is C18H14N4O. The van der Waals surface area contributed by atoms with Crippen molar-refractivity contribution in [3.63, 3.8) is 0 Å². The van der Waals surface area contributed by atoms with Gasteiger partial charge < -0.3 is 4.74 Å². The van der Waals surface area contributed by atoms with Crippen LogP contribution in [0.3, 0.4) is 0 Å². The van der Waals surface area contributed by atoms with E-state index in [0.29, 0.717) is 11.5 Å². The van der Waals surface area contributed by atoms with Crippen molar-refractivity contribution in [2.45, 2.75) is 6.92 Å². The minimum absolute atomic E-state index is 0.568. The van der Waals surface area contributed by atoms with E-state index in [9.17, 15) is 0 Å². The lowest BCUT2D eigenvalue weighted by molar-refractivity contribution is 0.415. The summed E-state index contributed by atoms with van der Waals surface area (Å²) in [5.41, 5.74) is 4.22. The van der Waals surface area contributed by atoms with E-state index in [1.165, 1.54) is 0 Å². The zero-order valence-corrected chi connectivity index (χ0v) is 12.8. The van der Waals surface area contributed by atoms with Crippen molar-refractivity contribution < 1.29 is 4.74 Å². The van der Waals surface area contributed by atoms with E-state index in [1.54, 1.807) is 7.11 Å². The molecule has 112 valence electrons. The summed E-state index contributed by atoms with van der Waals surface area (Å²) in [6.45, 7) is 2.04. The summed E-state index contributed by atoms with van der Waals surface area (Å²) in [5.74, 6) is 1.38. The van der Waals surface area contributed by atoms with E-state index in [4.69, 9.17) is 4.74 Å². The molecule has 0 aliphatic carbocycles. The van der Waals surface area contributed by atoms with Crippen LogP contribution in [-0.2, 0) is 0 Å². The summed E-state index contributed by atoms with van der Waals surface area (Å²) in [4.78, 5) is 9.22. The molecule has 23 heavy (non-hydrogen) atoms. The Bertz CT molecular complexity index is 1010. The van der Waals surface area contributed by atoms with E-state index in [1.807, 2.05) is 55.5 Å². The van der Waals surface area contributed by atoms with Crippen LogP contribution >= 0.6 is 0 Å². The van der Waals surface area contributed by atoms with Crippen molar-refractivity contribution >= 4 is 22.1 Å². The molecule has 0 aliphatic rings. The standard InChI is InChI=1S/C18H14N4O/c1-11-14-5-3-4-6-15(14)19-18-16(11)20-17(21-22-18)12-7-9-13(23-2)10-8-12/h3-10H,1-2H3. The average molecular weight is 302 g/mol. The van der Waals surface area contributed by atoms with E-state index < -0.39 is 0 Å². The zero-order chi connectivity index (χ0) is 15.8. The first-order chi connectivity index (χ1) is 11.3. The Labute approximate surface area is 133 Å². The van der Waals surface area contributed by atoms with Crippen LogP contribution in [0.15, 0.2) is 48.5 Å². The number of para-hydroxylation sites is 1. The fourth-order valence-electron chi connectivity index (χ4n) is 2.64. The molecule has 2 aromatic carbocycles. The van der Waals surface area contributed by atoms with Gasteiger partial charge in [0.2, 0.25) is 5.65 Å². The maximum absolute atomic E-state index is 5.18. The molecule has 2 heterocycles. The molecule has 5 nitrogen and oxygen atoms in total. The van der Waals surface area contributed by atoms with Gasteiger partial charge in [-0.2, -0.15) is 0 Å². The smallest absolute Gasteiger partial charge is 0.201 e. The number of benzene rings is 2. The van der Waals surface area contributed by atoms with Crippen molar-refractivity contribution in [1.29, 1.82) is 0 Å². The number of hydrogen-bond donors (Lipinski definition) is 0. The molecule has 0 saturated carbocycles. The molecule has 2 aromatic heterocycles. The predicted octanol–water partition coefficient (Wildman–Crippen LogP) is 3.56. The van der Waals surface area contributed by atoms with Gasteiger partial charge in [-0.15, -0.1) is 10.2 Å². The molecule has 0 saturated heterocycles. The first kappa shape index (κ1) is 13.6. The minimum atomic E-state index is 0.568. The number of methoxy groups -OCH3 is 1. The van der Waals surface area contributed by atoms with E-state index in [0.717, 1.165) is 33.3 Å². The molecule has 0 unspecified atom stereocenters. The van der Waals surface area contributed by atoms with Crippen LogP contribution in [0.1, 0.15) is 5.56 Å². The van der Waals surface area contributed by atoms with Gasteiger partial charge in [0.15, 0.2) is 5.82 Å². The first-order valence-corrected chi connectivity index (χ1v) is 7.30. The number of aromatic nitrogens is 4. The average Bonchev–Trinajstić information content (AvgIpc) is 2.62. The third-order valence-corrected chi connectivity index (χ3v) is 3.91. The fraction of sp³-hybridized carbons (Fsp3) is 0.111. The number of ether oxygens (including phenoxy) is 1. The monoisotopic (exact) mass is 302 g/mol. The topological polar surface area (TPSA) is 60.8 Å². The Morgan fingerprint density at radius 2 is 1.65 bits per heavy atom. The summed E-state index contributed by atoms with van der Waals surface area (Å²) in [7, 11) is 1.64. The lowest BCUT2D eigenvalue weighted by atomic mass is 10.1. The molecule has 0 fully saturated rings. The summed E-state index contributed by atoms with van der Waals surface area (Å²) in [6, 6.07) is 15.6. The summed E-state index contributed by atoms with van der Waals surface area (Å²) in [6.07, 6.45) is 0. The van der Waals surface area contributed by atoms with Gasteiger partial charge in [-0.3, -0.25) is 0 Å². The van der Waals surface area contributed by atoms with Crippen molar-refractivity contribution in [2.24, 2.45) is 0 Å². The molecule has 0 bridgehead atoms. The van der Waals surface area contributed by atoms with Crippen molar-refractivity contribution in [1.82, 2.24) is 20.2 Å². The number of hydrogen-bond acceptors (Lipinski definition) is 5. The third-order valence-electron chi connectivity index (χ3n) is 3.91. The minimum Gasteiger partial charge on any atom is -0.497 e. The van der Waals surface area contributed by atoms with Gasteiger partial charge in [0, 0.05) is 10.9 Å². The zero-order valence-electron chi connectivity index (χ0n) is 12.8. The summed E-state index contributed by atoms with van der Waals surface area (Å²) < 4.78 is 5.18. The SMILES string of the molecule is COc1ccc(-c2nnc3nc4ccccc4c(C)c3n2)cc1. The summed E-state index contributed by atoms with van der Waals surface area (Å²) in [5, 5.41) is 9.56. The molecule has 0 spiro atoms. The molecule has 0 radical (unpaired) electrons. The van der Waals surface area contributed by atoms with E-state index in [2.05, 4.69) is 20.2 Å². The number of aryl methyl sites for hydroxylation is 1. The lowest BCUT2D eigenvalue weighted by Crippen LogP contribution is -1.98. The second kappa shape index (κ2) is 5.28. The van der Waals surface area contributed by atoms with Gasteiger partial charge in [-0.25, -0.2) is 9.97 Å². The van der Waals surface area contributed by atoms with Crippen LogP contribution in [0.25, 0.3) is 33.5 Å². The van der Waals surface area contributed by atoms with Gasteiger partial charge in [-0.1, -0.05) is 18.2 Å². The van der Waals surface area contributed by atoms with Crippen LogP contribution in [0.5, 0.6) is 5.75 Å². The quantitative estimate of drug-likeness (QED) is 0.530. The lowest BCUT2D eigenvalue weighted by Gasteiger charge is -2.07. The molecular weight excluding hydrogens is 288 g/mol. The van der Waals surface area contributed by atoms with Gasteiger partial charge in [0.05, 0.1) is 12.6 Å². The normalized spacial score (nSPS) is 11.0. The number of nitrogens with zero attached hydrogens (tertiary/aromatic N) is 4. The molecule has 5 heteroatoms. The van der Waals surface area contributed by atoms with Crippen LogP contribution < -0.4 is 4.74 Å².